The maximum Gasteiger partial charge on any atom is 0.316 e. The lowest BCUT2D eigenvalue weighted by Gasteiger charge is -2.53. The van der Waals surface area contributed by atoms with E-state index in [9.17, 15) is 23.9 Å². The Morgan fingerprint density at radius 1 is 1.05 bits per heavy atom. The molecule has 4 aromatic rings. The largest absolute Gasteiger partial charge is 0.481 e. The van der Waals surface area contributed by atoms with Crippen LogP contribution in [-0.2, 0) is 24.8 Å². The number of fused-ring (bicyclic) bond motifs is 2. The zero-order chi connectivity index (χ0) is 38.9. The van der Waals surface area contributed by atoms with Crippen molar-refractivity contribution < 1.29 is 28.7 Å². The molecule has 3 N–H and O–H groups in total. The van der Waals surface area contributed by atoms with Crippen molar-refractivity contribution in [3.63, 3.8) is 0 Å². The van der Waals surface area contributed by atoms with Crippen molar-refractivity contribution >= 4 is 63.7 Å². The summed E-state index contributed by atoms with van der Waals surface area (Å²) in [6.07, 6.45) is 5.48. The first-order valence-electron chi connectivity index (χ1n) is 17.5. The van der Waals surface area contributed by atoms with Crippen molar-refractivity contribution in [2.45, 2.75) is 17.0 Å². The van der Waals surface area contributed by atoms with Crippen LogP contribution < -0.4 is 10.6 Å². The Labute approximate surface area is 334 Å². The van der Waals surface area contributed by atoms with Crippen molar-refractivity contribution in [1.82, 2.24) is 29.4 Å². The number of hydrogen-bond donors (Lipinski definition) is 3. The number of aromatic nitrogens is 2. The molecule has 3 aromatic carbocycles. The predicted molar refractivity (Wildman–Crippen MR) is 214 cm³/mol. The summed E-state index contributed by atoms with van der Waals surface area (Å²) in [5, 5.41) is 23.2. The minimum Gasteiger partial charge on any atom is -0.481 e. The van der Waals surface area contributed by atoms with Crippen LogP contribution in [0.15, 0.2) is 131 Å². The molecule has 1 unspecified atom stereocenters. The Morgan fingerprint density at radius 3 is 2.30 bits per heavy atom. The van der Waals surface area contributed by atoms with Gasteiger partial charge < -0.3 is 35.3 Å². The Kier molecular flexibility index (Phi) is 10.3. The topological polar surface area (TPSA) is 153 Å². The first-order valence-corrected chi connectivity index (χ1v) is 20.2. The normalized spacial score (nSPS) is 21.9. The Hall–Kier alpha value is -5.65. The van der Waals surface area contributed by atoms with Gasteiger partial charge in [-0.3, -0.25) is 14.4 Å². The summed E-state index contributed by atoms with van der Waals surface area (Å²) in [7, 11) is 1.97. The molecule has 0 spiro atoms. The predicted octanol–water partition coefficient (Wildman–Crippen LogP) is 5.21. The Morgan fingerprint density at radius 2 is 1.70 bits per heavy atom. The van der Waals surface area contributed by atoms with E-state index in [2.05, 4.69) is 34.9 Å². The highest BCUT2D eigenvalue weighted by molar-refractivity contribution is 8.06. The minimum absolute atomic E-state index is 0.0642. The summed E-state index contributed by atoms with van der Waals surface area (Å²) >= 11 is 3.81. The molecular weight excluding hydrogens is 776 g/mol. The van der Waals surface area contributed by atoms with Gasteiger partial charge in [0.05, 0.1) is 11.7 Å². The standard InChI is InChI=1S/C39H35FN8O5S3/c1-46-19-29-48(24-46)28(20-54-29)17-18-38(36(51)52)21-47-34(50)31(35(47)55-22-38)41-33(49)30(44-53-23-40)32-42-37(56-45-32)43-39(25-11-5-2-6-12-25,26-13-7-3-8-14-26)27-15-9-4-10-16-27/h2-20,31,35H,21-24H2,1H3,(H,41,49)(H,51,52)(H,42,43,45)/t31-,35-,38?/m1/s1. The number of carboxylic acid groups (broad SMARTS) is 1. The Bertz CT molecular complexity index is 2160. The van der Waals surface area contributed by atoms with Gasteiger partial charge in [-0.2, -0.15) is 9.36 Å². The summed E-state index contributed by atoms with van der Waals surface area (Å²) in [5.74, 6) is -2.31. The van der Waals surface area contributed by atoms with Gasteiger partial charge in [-0.25, -0.2) is 4.39 Å². The maximum absolute atomic E-state index is 13.8. The van der Waals surface area contributed by atoms with E-state index in [1.807, 2.05) is 115 Å². The van der Waals surface area contributed by atoms with Crippen molar-refractivity contribution in [1.29, 1.82) is 0 Å². The molecule has 0 saturated carbocycles. The number of halogens is 1. The second kappa shape index (κ2) is 15.5. The summed E-state index contributed by atoms with van der Waals surface area (Å²) in [4.78, 5) is 54.9. The average Bonchev–Trinajstić information content (AvgIpc) is 3.95. The molecule has 56 heavy (non-hydrogen) atoms. The van der Waals surface area contributed by atoms with Crippen LogP contribution in [0.2, 0.25) is 0 Å². The van der Waals surface area contributed by atoms with E-state index in [-0.39, 0.29) is 18.1 Å². The van der Waals surface area contributed by atoms with E-state index >= 15 is 0 Å². The van der Waals surface area contributed by atoms with Crippen LogP contribution in [0.1, 0.15) is 22.5 Å². The number of thioether (sulfide) groups is 2. The minimum atomic E-state index is -1.33. The molecule has 8 rings (SSSR count). The van der Waals surface area contributed by atoms with Crippen LogP contribution in [-0.4, -0.2) is 96.9 Å². The Balaban J connectivity index is 1.01. The number of oxime groups is 1. The number of allylic oxidation sites excluding steroid dienone is 1. The zero-order valence-electron chi connectivity index (χ0n) is 29.8. The highest BCUT2D eigenvalue weighted by Gasteiger charge is 2.57. The number of rotatable bonds is 13. The van der Waals surface area contributed by atoms with Gasteiger partial charge in [0.1, 0.15) is 22.4 Å². The third-order valence-electron chi connectivity index (χ3n) is 9.94. The molecule has 0 aliphatic carbocycles. The second-order valence-corrected chi connectivity index (χ2v) is 16.2. The van der Waals surface area contributed by atoms with E-state index in [1.54, 1.807) is 23.9 Å². The van der Waals surface area contributed by atoms with Gasteiger partial charge in [0, 0.05) is 48.2 Å². The fourth-order valence-corrected chi connectivity index (χ4v) is 10.3. The molecule has 0 radical (unpaired) electrons. The molecule has 13 nitrogen and oxygen atoms in total. The summed E-state index contributed by atoms with van der Waals surface area (Å²) < 4.78 is 17.7. The first-order chi connectivity index (χ1) is 27.2. The molecule has 2 amide bonds. The average molecular weight is 811 g/mol. The number of amides is 2. The molecule has 17 heteroatoms. The van der Waals surface area contributed by atoms with Crippen LogP contribution in [0.3, 0.4) is 0 Å². The summed E-state index contributed by atoms with van der Waals surface area (Å²) in [6.45, 7) is -0.718. The molecule has 3 atom stereocenters. The van der Waals surface area contributed by atoms with Gasteiger partial charge in [0.15, 0.2) is 0 Å². The lowest BCUT2D eigenvalue weighted by atomic mass is 9.77. The number of anilines is 1. The smallest absolute Gasteiger partial charge is 0.316 e. The van der Waals surface area contributed by atoms with Crippen molar-refractivity contribution in [2.24, 2.45) is 10.6 Å². The van der Waals surface area contributed by atoms with E-state index in [4.69, 9.17) is 0 Å². The van der Waals surface area contributed by atoms with Gasteiger partial charge in [-0.15, -0.1) is 11.8 Å². The number of alkyl halides is 1. The van der Waals surface area contributed by atoms with Gasteiger partial charge >= 0.3 is 5.97 Å². The van der Waals surface area contributed by atoms with Gasteiger partial charge in [-0.05, 0) is 22.8 Å². The molecule has 4 aliphatic heterocycles. The number of nitrogens with one attached hydrogen (secondary N) is 2. The summed E-state index contributed by atoms with van der Waals surface area (Å²) in [6, 6.07) is 28.6. The van der Waals surface area contributed by atoms with Crippen molar-refractivity contribution in [3.8, 4) is 0 Å². The monoisotopic (exact) mass is 810 g/mol. The fourth-order valence-electron chi connectivity index (χ4n) is 7.14. The molecule has 4 aliphatic rings. The van der Waals surface area contributed by atoms with Crippen molar-refractivity contribution in [2.75, 3.05) is 38.2 Å². The van der Waals surface area contributed by atoms with Crippen LogP contribution >= 0.6 is 35.1 Å². The van der Waals surface area contributed by atoms with E-state index in [1.165, 1.54) is 16.7 Å². The zero-order valence-corrected chi connectivity index (χ0v) is 32.3. The molecular formula is C39H35FN8O5S3. The van der Waals surface area contributed by atoms with Crippen LogP contribution in [0.4, 0.5) is 9.52 Å². The third-order valence-corrected chi connectivity index (χ3v) is 13.0. The summed E-state index contributed by atoms with van der Waals surface area (Å²) in [5.41, 5.74) is 0.940. The number of nitrogens with zero attached hydrogens (tertiary/aromatic N) is 6. The van der Waals surface area contributed by atoms with Crippen molar-refractivity contribution in [3.05, 3.63) is 148 Å². The number of benzene rings is 3. The van der Waals surface area contributed by atoms with Crippen LogP contribution in [0.25, 0.3) is 0 Å². The van der Waals surface area contributed by atoms with E-state index < -0.39 is 52.7 Å². The third kappa shape index (κ3) is 6.79. The van der Waals surface area contributed by atoms with Gasteiger partial charge in [0.25, 0.3) is 12.8 Å². The highest BCUT2D eigenvalue weighted by Crippen LogP contribution is 2.45. The van der Waals surface area contributed by atoms with Crippen LogP contribution in [0, 0.1) is 5.41 Å². The number of β-lactam (4-membered cyclic amide) rings is 1. The molecule has 2 saturated heterocycles. The highest BCUT2D eigenvalue weighted by atomic mass is 32.2. The molecule has 286 valence electrons. The number of carbonyl (C=O) groups is 3. The molecule has 2 fully saturated rings. The van der Waals surface area contributed by atoms with E-state index in [0.717, 1.165) is 38.9 Å². The number of carboxylic acids is 1. The van der Waals surface area contributed by atoms with Crippen LogP contribution in [0.5, 0.6) is 0 Å². The fraction of sp³-hybridized carbons (Fsp3) is 0.231. The first kappa shape index (κ1) is 37.3. The molecule has 1 aromatic heterocycles. The lowest BCUT2D eigenvalue weighted by Crippen LogP contribution is -2.73. The van der Waals surface area contributed by atoms with Gasteiger partial charge in [-0.1, -0.05) is 114 Å². The molecule has 0 bridgehead atoms. The maximum atomic E-state index is 13.8. The number of carbonyl (C=O) groups excluding carboxylic acids is 2. The number of hydrogen-bond acceptors (Lipinski definition) is 13. The lowest BCUT2D eigenvalue weighted by molar-refractivity contribution is -0.156. The SMILES string of the molecule is CN1C=C2SC=C(C=CC3(C(=O)O)CS[C@@H]4[C@H](NC(=O)C(=NOCF)c5nsc(NC(c6ccccc6)(c6ccccc6)c6ccccc6)n5)C(=O)N4C3)N2C1. The second-order valence-electron chi connectivity index (χ2n) is 13.4. The molecule has 5 heterocycles. The van der Waals surface area contributed by atoms with Gasteiger partial charge in [0.2, 0.25) is 22.6 Å². The quantitative estimate of drug-likeness (QED) is 0.0704. The van der Waals surface area contributed by atoms with E-state index in [0.29, 0.717) is 11.8 Å². The number of aliphatic carboxylic acids is 1.